The van der Waals surface area contributed by atoms with Crippen LogP contribution >= 0.6 is 0 Å². The van der Waals surface area contributed by atoms with Crippen LogP contribution in [0.15, 0.2) is 36.5 Å². The van der Waals surface area contributed by atoms with E-state index in [1.165, 1.54) is 295 Å². The number of aliphatic hydroxyl groups is 2. The van der Waals surface area contributed by atoms with Crippen LogP contribution in [0.1, 0.15) is 380 Å². The van der Waals surface area contributed by atoms with Crippen molar-refractivity contribution < 1.29 is 24.5 Å². The number of ether oxygens (including phenoxy) is 1. The minimum absolute atomic E-state index is 0.00578. The number of amides is 1. The van der Waals surface area contributed by atoms with Crippen LogP contribution in [0, 0.1) is 0 Å². The lowest BCUT2D eigenvalue weighted by Crippen LogP contribution is -2.45. The molecule has 0 aromatic carbocycles. The predicted octanol–water partition coefficient (Wildman–Crippen LogP) is 22.3. The molecule has 2 atom stereocenters. The molecule has 0 rings (SSSR count). The van der Waals surface area contributed by atoms with Crippen LogP contribution in [0.3, 0.4) is 0 Å². The summed E-state index contributed by atoms with van der Waals surface area (Å²) in [5, 5.41) is 23.4. The lowest BCUT2D eigenvalue weighted by atomic mass is 10.0. The fourth-order valence-electron chi connectivity index (χ4n) is 10.8. The van der Waals surface area contributed by atoms with Gasteiger partial charge in [0.05, 0.1) is 25.4 Å². The van der Waals surface area contributed by atoms with Gasteiger partial charge in [-0.25, -0.2) is 0 Å². The SMILES string of the molecule is CCCC/C=C\C/C=C\CCCCCCCC(=O)OCCCCCCCCCCCC/C=C\CCCCCCCCCC(=O)NC(CO)C(O)CCCCCCCCCCCCCCCCCCCCCCCCCCC. The standard InChI is InChI=1S/C71H135NO5/c1-3-5-7-9-11-13-15-17-19-20-21-22-23-24-25-27-30-33-36-39-43-47-51-55-59-63-69(74)68(67-73)72-70(75)64-60-56-52-48-44-40-37-34-31-28-26-29-32-35-38-42-46-50-54-58-62-66-77-71(76)65-61-57-53-49-45-41-18-16-14-12-10-8-6-4-2/h10,12,16,18,28,31,68-69,73-74H,3-9,11,13-15,17,19-27,29-30,32-67H2,1-2H3,(H,72,75)/b12-10-,18-16-,31-28-. The Morgan fingerprint density at radius 2 is 0.662 bits per heavy atom. The first-order valence-corrected chi connectivity index (χ1v) is 34.7. The minimum Gasteiger partial charge on any atom is -0.466 e. The maximum absolute atomic E-state index is 12.6. The molecule has 1 amide bonds. The summed E-state index contributed by atoms with van der Waals surface area (Å²) in [6, 6.07) is -0.549. The zero-order chi connectivity index (χ0) is 55.7. The number of hydrogen-bond donors (Lipinski definition) is 3. The van der Waals surface area contributed by atoms with Crippen LogP contribution in [0.4, 0.5) is 0 Å². The van der Waals surface area contributed by atoms with Gasteiger partial charge in [0.2, 0.25) is 5.91 Å². The molecule has 3 N–H and O–H groups in total. The molecule has 0 saturated carbocycles. The predicted molar refractivity (Wildman–Crippen MR) is 338 cm³/mol. The van der Waals surface area contributed by atoms with Crippen molar-refractivity contribution in [3.05, 3.63) is 36.5 Å². The van der Waals surface area contributed by atoms with Gasteiger partial charge >= 0.3 is 5.97 Å². The van der Waals surface area contributed by atoms with Crippen LogP contribution in [0.25, 0.3) is 0 Å². The molecule has 0 bridgehead atoms. The van der Waals surface area contributed by atoms with Gasteiger partial charge in [0.15, 0.2) is 0 Å². The summed E-state index contributed by atoms with van der Waals surface area (Å²) < 4.78 is 5.47. The molecule has 2 unspecified atom stereocenters. The Bertz CT molecular complexity index is 1250. The second kappa shape index (κ2) is 66.6. The molecular weight excluding hydrogens is 947 g/mol. The topological polar surface area (TPSA) is 95.9 Å². The molecule has 0 spiro atoms. The van der Waals surface area contributed by atoms with Crippen molar-refractivity contribution in [2.45, 2.75) is 392 Å². The average molecular weight is 1080 g/mol. The number of unbranched alkanes of at least 4 members (excludes halogenated alkanes) is 48. The average Bonchev–Trinajstić information content (AvgIpc) is 3.43. The van der Waals surface area contributed by atoms with Gasteiger partial charge in [0.1, 0.15) is 0 Å². The van der Waals surface area contributed by atoms with E-state index in [-0.39, 0.29) is 18.5 Å². The van der Waals surface area contributed by atoms with Crippen molar-refractivity contribution in [1.82, 2.24) is 5.32 Å². The van der Waals surface area contributed by atoms with Gasteiger partial charge in [-0.3, -0.25) is 9.59 Å². The minimum atomic E-state index is -0.672. The first-order chi connectivity index (χ1) is 38.0. The second-order valence-corrected chi connectivity index (χ2v) is 23.9. The third-order valence-corrected chi connectivity index (χ3v) is 16.2. The summed E-state index contributed by atoms with van der Waals surface area (Å²) in [4.78, 5) is 24.6. The highest BCUT2D eigenvalue weighted by Crippen LogP contribution is 2.19. The second-order valence-electron chi connectivity index (χ2n) is 23.9. The Balaban J connectivity index is 3.43. The van der Waals surface area contributed by atoms with Crippen molar-refractivity contribution in [2.24, 2.45) is 0 Å². The highest BCUT2D eigenvalue weighted by Gasteiger charge is 2.20. The van der Waals surface area contributed by atoms with Gasteiger partial charge in [-0.1, -0.05) is 326 Å². The Kier molecular flexibility index (Phi) is 64.9. The van der Waals surface area contributed by atoms with Gasteiger partial charge in [-0.15, -0.1) is 0 Å². The van der Waals surface area contributed by atoms with Crippen molar-refractivity contribution in [3.8, 4) is 0 Å². The maximum Gasteiger partial charge on any atom is 0.305 e. The number of aliphatic hydroxyl groups excluding tert-OH is 2. The lowest BCUT2D eigenvalue weighted by molar-refractivity contribution is -0.143. The summed E-state index contributed by atoms with van der Waals surface area (Å²) >= 11 is 0. The zero-order valence-corrected chi connectivity index (χ0v) is 52.0. The van der Waals surface area contributed by atoms with Crippen LogP contribution in [-0.4, -0.2) is 47.4 Å². The molecule has 77 heavy (non-hydrogen) atoms. The highest BCUT2D eigenvalue weighted by atomic mass is 16.5. The van der Waals surface area contributed by atoms with E-state index in [1.54, 1.807) is 0 Å². The molecule has 6 nitrogen and oxygen atoms in total. The molecule has 0 aliphatic carbocycles. The van der Waals surface area contributed by atoms with E-state index in [4.69, 9.17) is 4.74 Å². The van der Waals surface area contributed by atoms with E-state index in [1.807, 2.05) is 0 Å². The van der Waals surface area contributed by atoms with Crippen LogP contribution in [-0.2, 0) is 14.3 Å². The van der Waals surface area contributed by atoms with E-state index >= 15 is 0 Å². The highest BCUT2D eigenvalue weighted by molar-refractivity contribution is 5.76. The number of hydrogen-bond acceptors (Lipinski definition) is 5. The Labute approximate surface area is 481 Å². The van der Waals surface area contributed by atoms with E-state index in [2.05, 4.69) is 55.6 Å². The van der Waals surface area contributed by atoms with Gasteiger partial charge in [-0.2, -0.15) is 0 Å². The zero-order valence-electron chi connectivity index (χ0n) is 52.0. The molecular formula is C71H135NO5. The van der Waals surface area contributed by atoms with E-state index in [0.29, 0.717) is 25.9 Å². The number of nitrogens with one attached hydrogen (secondary N) is 1. The molecule has 0 aliphatic heterocycles. The van der Waals surface area contributed by atoms with Gasteiger partial charge in [-0.05, 0) is 77.0 Å². The van der Waals surface area contributed by atoms with Gasteiger partial charge in [0, 0.05) is 12.8 Å². The summed E-state index contributed by atoms with van der Waals surface area (Å²) in [6.07, 6.45) is 84.7. The van der Waals surface area contributed by atoms with Gasteiger partial charge in [0.25, 0.3) is 0 Å². The number of carbonyl (C=O) groups excluding carboxylic acids is 2. The van der Waals surface area contributed by atoms with E-state index in [0.717, 1.165) is 51.4 Å². The Hall–Kier alpha value is -1.92. The molecule has 0 saturated heterocycles. The monoisotopic (exact) mass is 1080 g/mol. The Morgan fingerprint density at radius 3 is 1.04 bits per heavy atom. The number of allylic oxidation sites excluding steroid dienone is 6. The largest absolute Gasteiger partial charge is 0.466 e. The third kappa shape index (κ3) is 63.1. The van der Waals surface area contributed by atoms with E-state index in [9.17, 15) is 19.8 Å². The molecule has 454 valence electrons. The van der Waals surface area contributed by atoms with E-state index < -0.39 is 12.1 Å². The molecule has 0 radical (unpaired) electrons. The first kappa shape index (κ1) is 75.1. The molecule has 0 aromatic heterocycles. The van der Waals surface area contributed by atoms with Crippen molar-refractivity contribution in [1.29, 1.82) is 0 Å². The van der Waals surface area contributed by atoms with Crippen LogP contribution < -0.4 is 5.32 Å². The van der Waals surface area contributed by atoms with Crippen LogP contribution in [0.5, 0.6) is 0 Å². The van der Waals surface area contributed by atoms with Crippen molar-refractivity contribution in [3.63, 3.8) is 0 Å². The molecule has 0 aromatic rings. The lowest BCUT2D eigenvalue weighted by Gasteiger charge is -2.22. The number of carbonyl (C=O) groups is 2. The Morgan fingerprint density at radius 1 is 0.364 bits per heavy atom. The summed E-state index contributed by atoms with van der Waals surface area (Å²) in [7, 11) is 0. The van der Waals surface area contributed by atoms with Crippen molar-refractivity contribution >= 4 is 11.9 Å². The number of esters is 1. The maximum atomic E-state index is 12.6. The fourth-order valence-corrected chi connectivity index (χ4v) is 10.8. The summed E-state index contributed by atoms with van der Waals surface area (Å²) in [6.45, 7) is 4.93. The molecule has 0 aliphatic rings. The number of rotatable bonds is 65. The van der Waals surface area contributed by atoms with Gasteiger partial charge < -0.3 is 20.3 Å². The summed E-state index contributed by atoms with van der Waals surface area (Å²) in [5.74, 6) is -0.0447. The smallest absolute Gasteiger partial charge is 0.305 e. The van der Waals surface area contributed by atoms with Crippen molar-refractivity contribution in [2.75, 3.05) is 13.2 Å². The molecule has 0 heterocycles. The normalized spacial score (nSPS) is 12.7. The summed E-state index contributed by atoms with van der Waals surface area (Å²) in [5.41, 5.74) is 0. The molecule has 0 fully saturated rings. The fraction of sp³-hybridized carbons (Fsp3) is 0.887. The van der Waals surface area contributed by atoms with Crippen LogP contribution in [0.2, 0.25) is 0 Å². The quantitative estimate of drug-likeness (QED) is 0.0320. The molecule has 6 heteroatoms. The first-order valence-electron chi connectivity index (χ1n) is 34.7. The third-order valence-electron chi connectivity index (χ3n) is 16.2.